The highest BCUT2D eigenvalue weighted by atomic mass is 35.5. The Morgan fingerprint density at radius 2 is 2.24 bits per heavy atom. The first-order valence-corrected chi connectivity index (χ1v) is 6.48. The molecule has 5 heteroatoms. The van der Waals surface area contributed by atoms with E-state index in [1.165, 1.54) is 25.9 Å². The number of hydrogen-bond donors (Lipinski definition) is 2. The van der Waals surface area contributed by atoms with Gasteiger partial charge in [-0.15, -0.1) is 12.4 Å². The molecule has 0 saturated carbocycles. The van der Waals surface area contributed by atoms with E-state index in [9.17, 15) is 0 Å². The lowest BCUT2D eigenvalue weighted by molar-refractivity contribution is 0.0702. The molecule has 1 saturated heterocycles. The third kappa shape index (κ3) is 7.95. The summed E-state index contributed by atoms with van der Waals surface area (Å²) in [6, 6.07) is 0. The zero-order chi connectivity index (χ0) is 11.6. The fourth-order valence-corrected chi connectivity index (χ4v) is 2.18. The number of aliphatic hydroxyl groups is 1. The molecule has 0 aromatic carbocycles. The number of hydrogen-bond acceptors (Lipinski definition) is 4. The third-order valence-electron chi connectivity index (χ3n) is 3.15. The lowest BCUT2D eigenvalue weighted by atomic mass is 9.99. The Morgan fingerprint density at radius 1 is 1.41 bits per heavy atom. The van der Waals surface area contributed by atoms with Crippen LogP contribution in [0, 0.1) is 5.92 Å². The highest BCUT2D eigenvalue weighted by Gasteiger charge is 2.15. The van der Waals surface area contributed by atoms with Crippen molar-refractivity contribution in [3.63, 3.8) is 0 Å². The molecule has 1 unspecified atom stereocenters. The van der Waals surface area contributed by atoms with Crippen LogP contribution in [0.25, 0.3) is 0 Å². The third-order valence-corrected chi connectivity index (χ3v) is 3.15. The molecule has 2 N–H and O–H groups in total. The molecular formula is C12H27ClN2O2. The predicted molar refractivity (Wildman–Crippen MR) is 72.9 cm³/mol. The summed E-state index contributed by atoms with van der Waals surface area (Å²) in [6.07, 6.45) is 2.66. The molecule has 1 aliphatic heterocycles. The quantitative estimate of drug-likeness (QED) is 0.636. The van der Waals surface area contributed by atoms with Gasteiger partial charge in [-0.2, -0.15) is 0 Å². The van der Waals surface area contributed by atoms with Gasteiger partial charge in [0.05, 0.1) is 19.8 Å². The lowest BCUT2D eigenvalue weighted by Gasteiger charge is -2.29. The summed E-state index contributed by atoms with van der Waals surface area (Å²) in [5, 5.41) is 12.1. The van der Waals surface area contributed by atoms with Gasteiger partial charge in [-0.3, -0.25) is 0 Å². The molecule has 1 aliphatic rings. The molecule has 0 amide bonds. The van der Waals surface area contributed by atoms with Crippen LogP contribution in [-0.4, -0.2) is 62.6 Å². The van der Waals surface area contributed by atoms with Gasteiger partial charge in [0.2, 0.25) is 0 Å². The van der Waals surface area contributed by atoms with E-state index in [2.05, 4.69) is 17.1 Å². The van der Waals surface area contributed by atoms with E-state index >= 15 is 0 Å². The summed E-state index contributed by atoms with van der Waals surface area (Å²) in [5.41, 5.74) is 0. The van der Waals surface area contributed by atoms with E-state index in [-0.39, 0.29) is 19.0 Å². The summed E-state index contributed by atoms with van der Waals surface area (Å²) >= 11 is 0. The van der Waals surface area contributed by atoms with Crippen molar-refractivity contribution in [3.05, 3.63) is 0 Å². The molecule has 1 heterocycles. The second-order valence-corrected chi connectivity index (χ2v) is 4.44. The monoisotopic (exact) mass is 266 g/mol. The van der Waals surface area contributed by atoms with E-state index < -0.39 is 0 Å². The number of nitrogens with one attached hydrogen (secondary N) is 1. The number of ether oxygens (including phenoxy) is 1. The Hall–Kier alpha value is 0.130. The van der Waals surface area contributed by atoms with Crippen LogP contribution in [0.4, 0.5) is 0 Å². The van der Waals surface area contributed by atoms with E-state index in [1.807, 2.05) is 0 Å². The average molecular weight is 267 g/mol. The SMILES string of the molecule is CCN(CCOCCO)CC1CCCNC1.Cl. The summed E-state index contributed by atoms with van der Waals surface area (Å²) in [4.78, 5) is 2.44. The van der Waals surface area contributed by atoms with Crippen molar-refractivity contribution in [2.75, 3.05) is 52.5 Å². The maximum absolute atomic E-state index is 8.60. The van der Waals surface area contributed by atoms with Crippen molar-refractivity contribution >= 4 is 12.4 Å². The van der Waals surface area contributed by atoms with E-state index in [1.54, 1.807) is 0 Å². The maximum Gasteiger partial charge on any atom is 0.0698 e. The minimum absolute atomic E-state index is 0. The molecule has 1 fully saturated rings. The number of halogens is 1. The molecular weight excluding hydrogens is 240 g/mol. The van der Waals surface area contributed by atoms with Gasteiger partial charge in [0.1, 0.15) is 0 Å². The summed E-state index contributed by atoms with van der Waals surface area (Å²) in [7, 11) is 0. The first-order valence-electron chi connectivity index (χ1n) is 6.48. The van der Waals surface area contributed by atoms with Crippen molar-refractivity contribution in [3.8, 4) is 0 Å². The molecule has 1 atom stereocenters. The molecule has 0 radical (unpaired) electrons. The molecule has 0 bridgehead atoms. The first-order chi connectivity index (χ1) is 7.86. The maximum atomic E-state index is 8.60. The Kier molecular flexibility index (Phi) is 11.3. The van der Waals surface area contributed by atoms with Crippen LogP contribution in [-0.2, 0) is 4.74 Å². The Bertz CT molecular complexity index is 167. The average Bonchev–Trinajstić information content (AvgIpc) is 2.34. The van der Waals surface area contributed by atoms with Crippen LogP contribution in [0.5, 0.6) is 0 Å². The van der Waals surface area contributed by atoms with E-state index in [0.717, 1.165) is 32.2 Å². The highest BCUT2D eigenvalue weighted by molar-refractivity contribution is 5.85. The Morgan fingerprint density at radius 3 is 2.82 bits per heavy atom. The normalized spacial score (nSPS) is 20.3. The molecule has 0 aromatic rings. The van der Waals surface area contributed by atoms with Crippen LogP contribution < -0.4 is 5.32 Å². The second kappa shape index (κ2) is 11.2. The Labute approximate surface area is 111 Å². The molecule has 104 valence electrons. The van der Waals surface area contributed by atoms with Crippen molar-refractivity contribution in [1.29, 1.82) is 0 Å². The minimum Gasteiger partial charge on any atom is -0.394 e. The molecule has 4 nitrogen and oxygen atoms in total. The molecule has 0 aliphatic carbocycles. The van der Waals surface area contributed by atoms with Gasteiger partial charge >= 0.3 is 0 Å². The van der Waals surface area contributed by atoms with Gasteiger partial charge < -0.3 is 20.1 Å². The summed E-state index contributed by atoms with van der Waals surface area (Å²) < 4.78 is 5.30. The van der Waals surface area contributed by atoms with Crippen LogP contribution in [0.1, 0.15) is 19.8 Å². The van der Waals surface area contributed by atoms with Gasteiger partial charge in [0, 0.05) is 13.1 Å². The molecule has 0 spiro atoms. The molecule has 17 heavy (non-hydrogen) atoms. The zero-order valence-corrected chi connectivity index (χ0v) is 11.7. The number of likely N-dealkylation sites (N-methyl/N-ethyl adjacent to an activating group) is 1. The lowest BCUT2D eigenvalue weighted by Crippen LogP contribution is -2.39. The van der Waals surface area contributed by atoms with E-state index in [4.69, 9.17) is 9.84 Å². The predicted octanol–water partition coefficient (Wildman–Crippen LogP) is 0.739. The molecule has 0 aromatic heterocycles. The fraction of sp³-hybridized carbons (Fsp3) is 1.00. The van der Waals surface area contributed by atoms with Crippen molar-refractivity contribution in [1.82, 2.24) is 10.2 Å². The number of rotatable bonds is 8. The van der Waals surface area contributed by atoms with Crippen molar-refractivity contribution in [2.24, 2.45) is 5.92 Å². The smallest absolute Gasteiger partial charge is 0.0698 e. The van der Waals surface area contributed by atoms with E-state index in [0.29, 0.717) is 6.61 Å². The van der Waals surface area contributed by atoms with Crippen LogP contribution in [0.15, 0.2) is 0 Å². The van der Waals surface area contributed by atoms with Gasteiger partial charge in [0.25, 0.3) is 0 Å². The van der Waals surface area contributed by atoms with Crippen LogP contribution in [0.2, 0.25) is 0 Å². The van der Waals surface area contributed by atoms with Crippen LogP contribution in [0.3, 0.4) is 0 Å². The van der Waals surface area contributed by atoms with Crippen LogP contribution >= 0.6 is 12.4 Å². The minimum atomic E-state index is 0. The van der Waals surface area contributed by atoms with Gasteiger partial charge in [-0.1, -0.05) is 6.92 Å². The van der Waals surface area contributed by atoms with Gasteiger partial charge in [0.15, 0.2) is 0 Å². The highest BCUT2D eigenvalue weighted by Crippen LogP contribution is 2.11. The second-order valence-electron chi connectivity index (χ2n) is 4.44. The standard InChI is InChI=1S/C12H26N2O2.ClH/c1-2-14(6-8-16-9-7-15)11-12-4-3-5-13-10-12;/h12-13,15H,2-11H2,1H3;1H. The summed E-state index contributed by atoms with van der Waals surface area (Å²) in [6.45, 7) is 9.09. The van der Waals surface area contributed by atoms with Crippen molar-refractivity contribution in [2.45, 2.75) is 19.8 Å². The van der Waals surface area contributed by atoms with Gasteiger partial charge in [-0.05, 0) is 38.4 Å². The number of nitrogens with zero attached hydrogens (tertiary/aromatic N) is 1. The van der Waals surface area contributed by atoms with Gasteiger partial charge in [-0.25, -0.2) is 0 Å². The van der Waals surface area contributed by atoms with Crippen molar-refractivity contribution < 1.29 is 9.84 Å². The zero-order valence-electron chi connectivity index (χ0n) is 10.9. The topological polar surface area (TPSA) is 44.7 Å². The number of piperidine rings is 1. The molecule has 1 rings (SSSR count). The Balaban J connectivity index is 0.00000256. The fourth-order valence-electron chi connectivity index (χ4n) is 2.18. The first kappa shape index (κ1) is 17.1. The largest absolute Gasteiger partial charge is 0.394 e. The summed E-state index contributed by atoms with van der Waals surface area (Å²) in [5.74, 6) is 0.798. The number of aliphatic hydroxyl groups excluding tert-OH is 1.